The second-order valence-electron chi connectivity index (χ2n) is 9.67. The zero-order valence-electron chi connectivity index (χ0n) is 19.2. The van der Waals surface area contributed by atoms with E-state index in [0.717, 1.165) is 17.7 Å². The zero-order valence-corrected chi connectivity index (χ0v) is 20.0. The molecule has 4 nitrogen and oxygen atoms in total. The fraction of sp³-hybridized carbons (Fsp3) is 0.333. The molecule has 1 saturated heterocycles. The van der Waals surface area contributed by atoms with E-state index in [1.165, 1.54) is 5.56 Å². The summed E-state index contributed by atoms with van der Waals surface area (Å²) >= 11 is 0. The van der Waals surface area contributed by atoms with Crippen LogP contribution in [0.4, 0.5) is 0 Å². The predicted octanol–water partition coefficient (Wildman–Crippen LogP) is 5.49. The summed E-state index contributed by atoms with van der Waals surface area (Å²) in [6, 6.07) is 27.2. The molecule has 0 aromatic heterocycles. The summed E-state index contributed by atoms with van der Waals surface area (Å²) in [5.41, 5.74) is 3.22. The van der Waals surface area contributed by atoms with Gasteiger partial charge in [0, 0.05) is 24.0 Å². The average molecular weight is 449 g/mol. The van der Waals surface area contributed by atoms with Gasteiger partial charge in [-0.15, -0.1) is 0 Å². The lowest BCUT2D eigenvalue weighted by atomic mass is 9.74. The molecule has 0 spiro atoms. The minimum atomic E-state index is -3.67. The quantitative estimate of drug-likeness (QED) is 0.543. The molecule has 5 heteroatoms. The molecule has 3 atom stereocenters. The van der Waals surface area contributed by atoms with Crippen molar-refractivity contribution in [3.05, 3.63) is 102 Å². The molecule has 0 bridgehead atoms. The van der Waals surface area contributed by atoms with E-state index in [9.17, 15) is 8.42 Å². The van der Waals surface area contributed by atoms with Gasteiger partial charge < -0.3 is 0 Å². The molecule has 3 aromatic carbocycles. The molecule has 0 radical (unpaired) electrons. The van der Waals surface area contributed by atoms with E-state index in [0.29, 0.717) is 4.90 Å². The Labute approximate surface area is 192 Å². The van der Waals surface area contributed by atoms with Crippen molar-refractivity contribution in [3.8, 4) is 0 Å². The van der Waals surface area contributed by atoms with Crippen LogP contribution >= 0.6 is 0 Å². The van der Waals surface area contributed by atoms with Crippen molar-refractivity contribution in [1.82, 2.24) is 9.62 Å². The van der Waals surface area contributed by atoms with E-state index in [1.807, 2.05) is 55.5 Å². The molecule has 1 N–H and O–H groups in total. The molecule has 1 aliphatic rings. The van der Waals surface area contributed by atoms with Crippen molar-refractivity contribution >= 4 is 10.0 Å². The second-order valence-corrected chi connectivity index (χ2v) is 11.4. The summed E-state index contributed by atoms with van der Waals surface area (Å²) in [6.07, 6.45) is 0. The van der Waals surface area contributed by atoms with E-state index in [2.05, 4.69) is 54.7 Å². The SMILES string of the molecule is Cc1ccc(S(=O)(=O)NC(c2ccccc2)C2CN(C(C)(C)C)C2c2ccccc2)cc1. The molecule has 168 valence electrons. The lowest BCUT2D eigenvalue weighted by Crippen LogP contribution is -2.61. The fourth-order valence-electron chi connectivity index (χ4n) is 4.61. The Morgan fingerprint density at radius 1 is 0.875 bits per heavy atom. The smallest absolute Gasteiger partial charge is 0.241 e. The molecule has 32 heavy (non-hydrogen) atoms. The molecule has 4 rings (SSSR count). The molecular formula is C27H32N2O2S. The van der Waals surface area contributed by atoms with Crippen LogP contribution in [0.15, 0.2) is 89.8 Å². The van der Waals surface area contributed by atoms with Crippen LogP contribution in [0.1, 0.15) is 49.5 Å². The molecule has 3 unspecified atom stereocenters. The number of hydrogen-bond donors (Lipinski definition) is 1. The van der Waals surface area contributed by atoms with E-state index in [1.54, 1.807) is 12.1 Å². The van der Waals surface area contributed by atoms with Gasteiger partial charge in [0.1, 0.15) is 0 Å². The third-order valence-corrected chi connectivity index (χ3v) is 7.81. The van der Waals surface area contributed by atoms with Gasteiger partial charge in [-0.3, -0.25) is 4.90 Å². The second kappa shape index (κ2) is 8.81. The van der Waals surface area contributed by atoms with Crippen LogP contribution in [-0.4, -0.2) is 25.4 Å². The average Bonchev–Trinajstić information content (AvgIpc) is 2.73. The first-order valence-corrected chi connectivity index (χ1v) is 12.6. The number of likely N-dealkylation sites (tertiary alicyclic amines) is 1. The minimum absolute atomic E-state index is 0.0198. The molecule has 0 amide bonds. The van der Waals surface area contributed by atoms with Crippen molar-refractivity contribution in [2.75, 3.05) is 6.54 Å². The van der Waals surface area contributed by atoms with Gasteiger partial charge in [0.15, 0.2) is 0 Å². The van der Waals surface area contributed by atoms with Crippen LogP contribution in [0.25, 0.3) is 0 Å². The zero-order chi connectivity index (χ0) is 22.9. The summed E-state index contributed by atoms with van der Waals surface area (Å²) in [7, 11) is -3.67. The highest BCUT2D eigenvalue weighted by Crippen LogP contribution is 2.49. The Balaban J connectivity index is 1.73. The maximum Gasteiger partial charge on any atom is 0.241 e. The Morgan fingerprint density at radius 2 is 1.44 bits per heavy atom. The van der Waals surface area contributed by atoms with Crippen molar-refractivity contribution in [2.45, 2.75) is 50.2 Å². The van der Waals surface area contributed by atoms with Crippen LogP contribution in [0.2, 0.25) is 0 Å². The first-order chi connectivity index (χ1) is 15.2. The lowest BCUT2D eigenvalue weighted by Gasteiger charge is -2.57. The summed E-state index contributed by atoms with van der Waals surface area (Å²) in [5.74, 6) is 0.110. The predicted molar refractivity (Wildman–Crippen MR) is 130 cm³/mol. The number of aryl methyl sites for hydroxylation is 1. The fourth-order valence-corrected chi connectivity index (χ4v) is 5.88. The van der Waals surface area contributed by atoms with Gasteiger partial charge in [0.05, 0.1) is 10.9 Å². The number of rotatable bonds is 6. The third-order valence-electron chi connectivity index (χ3n) is 6.35. The van der Waals surface area contributed by atoms with Crippen molar-refractivity contribution in [2.24, 2.45) is 5.92 Å². The molecular weight excluding hydrogens is 416 g/mol. The number of sulfonamides is 1. The molecule has 3 aromatic rings. The normalized spacial score (nSPS) is 20.5. The van der Waals surface area contributed by atoms with Gasteiger partial charge in [-0.25, -0.2) is 13.1 Å². The van der Waals surface area contributed by atoms with Crippen LogP contribution in [0.3, 0.4) is 0 Å². The first-order valence-electron chi connectivity index (χ1n) is 11.1. The number of hydrogen-bond acceptors (Lipinski definition) is 3. The van der Waals surface area contributed by atoms with Crippen molar-refractivity contribution in [3.63, 3.8) is 0 Å². The van der Waals surface area contributed by atoms with Gasteiger partial charge in [-0.05, 0) is 51.0 Å². The first kappa shape index (κ1) is 22.7. The van der Waals surface area contributed by atoms with E-state index >= 15 is 0 Å². The molecule has 1 aliphatic heterocycles. The number of nitrogens with one attached hydrogen (secondary N) is 1. The molecule has 0 aliphatic carbocycles. The van der Waals surface area contributed by atoms with Crippen LogP contribution < -0.4 is 4.72 Å². The topological polar surface area (TPSA) is 49.4 Å². The molecule has 1 heterocycles. The van der Waals surface area contributed by atoms with Gasteiger partial charge in [0.2, 0.25) is 10.0 Å². The Bertz CT molecular complexity index is 1140. The lowest BCUT2D eigenvalue weighted by molar-refractivity contribution is -0.0695. The molecule has 1 fully saturated rings. The van der Waals surface area contributed by atoms with Gasteiger partial charge in [-0.1, -0.05) is 78.4 Å². The van der Waals surface area contributed by atoms with Crippen LogP contribution in [-0.2, 0) is 10.0 Å². The number of nitrogens with zero attached hydrogens (tertiary/aromatic N) is 1. The highest BCUT2D eigenvalue weighted by Gasteiger charge is 2.49. The van der Waals surface area contributed by atoms with Gasteiger partial charge in [-0.2, -0.15) is 0 Å². The Morgan fingerprint density at radius 3 is 2.00 bits per heavy atom. The summed E-state index contributed by atoms with van der Waals surface area (Å²) in [5, 5.41) is 0. The van der Waals surface area contributed by atoms with Gasteiger partial charge >= 0.3 is 0 Å². The monoisotopic (exact) mass is 448 g/mol. The third kappa shape index (κ3) is 4.65. The Hall–Kier alpha value is -2.47. The summed E-state index contributed by atoms with van der Waals surface area (Å²) < 4.78 is 29.8. The number of benzene rings is 3. The Kier molecular flexibility index (Phi) is 6.26. The van der Waals surface area contributed by atoms with Crippen molar-refractivity contribution < 1.29 is 8.42 Å². The van der Waals surface area contributed by atoms with E-state index in [-0.39, 0.29) is 23.5 Å². The summed E-state index contributed by atoms with van der Waals surface area (Å²) in [6.45, 7) is 9.42. The van der Waals surface area contributed by atoms with Crippen LogP contribution in [0.5, 0.6) is 0 Å². The van der Waals surface area contributed by atoms with Crippen LogP contribution in [0, 0.1) is 12.8 Å². The summed E-state index contributed by atoms with van der Waals surface area (Å²) in [4.78, 5) is 2.76. The standard InChI is InChI=1S/C27H32N2O2S/c1-20-15-17-23(18-16-20)32(30,31)28-25(21-11-7-5-8-12-21)24-19-29(27(2,3)4)26(24)22-13-9-6-10-14-22/h5-18,24-26,28H,19H2,1-4H3. The maximum atomic E-state index is 13.4. The van der Waals surface area contributed by atoms with E-state index < -0.39 is 10.0 Å². The van der Waals surface area contributed by atoms with E-state index in [4.69, 9.17) is 0 Å². The highest BCUT2D eigenvalue weighted by molar-refractivity contribution is 7.89. The highest BCUT2D eigenvalue weighted by atomic mass is 32.2. The van der Waals surface area contributed by atoms with Crippen molar-refractivity contribution in [1.29, 1.82) is 0 Å². The minimum Gasteiger partial charge on any atom is -0.291 e. The van der Waals surface area contributed by atoms with Gasteiger partial charge in [0.25, 0.3) is 0 Å². The largest absolute Gasteiger partial charge is 0.291 e. The molecule has 0 saturated carbocycles. The maximum absolute atomic E-state index is 13.4.